The Morgan fingerprint density at radius 3 is 2.61 bits per heavy atom. The van der Waals surface area contributed by atoms with E-state index in [2.05, 4.69) is 10.3 Å². The smallest absolute Gasteiger partial charge is 0.408 e. The number of aromatic amines is 1. The molecule has 6 heteroatoms. The summed E-state index contributed by atoms with van der Waals surface area (Å²) < 4.78 is 5.02. The van der Waals surface area contributed by atoms with Crippen molar-refractivity contribution in [1.82, 2.24) is 10.3 Å². The average molecular weight is 254 g/mol. The zero-order valence-corrected chi connectivity index (χ0v) is 10.7. The lowest BCUT2D eigenvalue weighted by molar-refractivity contribution is -0.139. The van der Waals surface area contributed by atoms with Crippen molar-refractivity contribution in [3.63, 3.8) is 0 Å². The number of aromatic nitrogens is 1. The van der Waals surface area contributed by atoms with E-state index in [9.17, 15) is 9.59 Å². The first-order valence-electron chi connectivity index (χ1n) is 5.62. The molecule has 100 valence electrons. The molecule has 0 fully saturated rings. The van der Waals surface area contributed by atoms with Gasteiger partial charge in [-0.25, -0.2) is 9.59 Å². The van der Waals surface area contributed by atoms with Crippen LogP contribution in [0.15, 0.2) is 18.5 Å². The molecular weight excluding hydrogens is 236 g/mol. The first kappa shape index (κ1) is 14.1. The third-order valence-electron chi connectivity index (χ3n) is 2.09. The van der Waals surface area contributed by atoms with Gasteiger partial charge in [0.05, 0.1) is 0 Å². The molecule has 0 saturated heterocycles. The van der Waals surface area contributed by atoms with Gasteiger partial charge in [0.25, 0.3) is 0 Å². The van der Waals surface area contributed by atoms with Gasteiger partial charge in [-0.05, 0) is 32.4 Å². The highest BCUT2D eigenvalue weighted by atomic mass is 16.6. The molecule has 0 aliphatic heterocycles. The van der Waals surface area contributed by atoms with Crippen LogP contribution in [-0.2, 0) is 16.0 Å². The van der Waals surface area contributed by atoms with Crippen molar-refractivity contribution >= 4 is 12.1 Å². The zero-order valence-electron chi connectivity index (χ0n) is 10.7. The minimum Gasteiger partial charge on any atom is -0.480 e. The maximum absolute atomic E-state index is 11.5. The molecule has 1 atom stereocenters. The average Bonchev–Trinajstić information content (AvgIpc) is 2.66. The SMILES string of the molecule is CC(C)(C)OC(=O)NC(Cc1cc[nH]c1)C(=O)O. The summed E-state index contributed by atoms with van der Waals surface area (Å²) in [5.41, 5.74) is 0.153. The summed E-state index contributed by atoms with van der Waals surface area (Å²) in [6.45, 7) is 5.15. The van der Waals surface area contributed by atoms with E-state index < -0.39 is 23.7 Å². The van der Waals surface area contributed by atoms with E-state index >= 15 is 0 Å². The Kier molecular flexibility index (Phi) is 4.36. The molecule has 0 aliphatic rings. The topological polar surface area (TPSA) is 91.4 Å². The summed E-state index contributed by atoms with van der Waals surface area (Å²) >= 11 is 0. The molecule has 1 aromatic rings. The van der Waals surface area contributed by atoms with Gasteiger partial charge < -0.3 is 20.1 Å². The number of hydrogen-bond acceptors (Lipinski definition) is 3. The van der Waals surface area contributed by atoms with Crippen molar-refractivity contribution in [2.45, 2.75) is 38.8 Å². The van der Waals surface area contributed by atoms with E-state index in [1.165, 1.54) is 0 Å². The third kappa shape index (κ3) is 4.90. The molecule has 3 N–H and O–H groups in total. The highest BCUT2D eigenvalue weighted by Crippen LogP contribution is 2.08. The van der Waals surface area contributed by atoms with Gasteiger partial charge in [-0.1, -0.05) is 0 Å². The van der Waals surface area contributed by atoms with E-state index in [1.54, 1.807) is 39.2 Å². The monoisotopic (exact) mass is 254 g/mol. The Morgan fingerprint density at radius 1 is 1.50 bits per heavy atom. The third-order valence-corrected chi connectivity index (χ3v) is 2.09. The van der Waals surface area contributed by atoms with Gasteiger partial charge in [0.1, 0.15) is 11.6 Å². The fourth-order valence-electron chi connectivity index (χ4n) is 1.37. The van der Waals surface area contributed by atoms with Crippen LogP contribution in [0.5, 0.6) is 0 Å². The van der Waals surface area contributed by atoms with E-state index in [4.69, 9.17) is 9.84 Å². The van der Waals surface area contributed by atoms with Gasteiger partial charge >= 0.3 is 12.1 Å². The van der Waals surface area contributed by atoms with Crippen LogP contribution in [0, 0.1) is 0 Å². The normalized spacial score (nSPS) is 12.8. The fraction of sp³-hybridized carbons (Fsp3) is 0.500. The molecule has 0 aliphatic carbocycles. The zero-order chi connectivity index (χ0) is 13.8. The maximum Gasteiger partial charge on any atom is 0.408 e. The predicted octanol–water partition coefficient (Wildman–Crippen LogP) is 1.54. The maximum atomic E-state index is 11.5. The van der Waals surface area contributed by atoms with E-state index in [0.717, 1.165) is 5.56 Å². The van der Waals surface area contributed by atoms with Gasteiger partial charge in [-0.2, -0.15) is 0 Å². The van der Waals surface area contributed by atoms with E-state index in [0.29, 0.717) is 0 Å². The lowest BCUT2D eigenvalue weighted by Crippen LogP contribution is -2.44. The number of carbonyl (C=O) groups is 2. The minimum atomic E-state index is -1.10. The predicted molar refractivity (Wildman–Crippen MR) is 65.3 cm³/mol. The summed E-state index contributed by atoms with van der Waals surface area (Å²) in [5, 5.41) is 11.4. The first-order valence-corrected chi connectivity index (χ1v) is 5.62. The number of carboxylic acid groups (broad SMARTS) is 1. The van der Waals surface area contributed by atoms with Crippen LogP contribution in [0.2, 0.25) is 0 Å². The molecule has 18 heavy (non-hydrogen) atoms. The largest absolute Gasteiger partial charge is 0.480 e. The second kappa shape index (κ2) is 5.57. The van der Waals surface area contributed by atoms with Crippen molar-refractivity contribution in [1.29, 1.82) is 0 Å². The standard InChI is InChI=1S/C12H18N2O4/c1-12(2,3)18-11(17)14-9(10(15)16)6-8-4-5-13-7-8/h4-5,7,9,13H,6H2,1-3H3,(H,14,17)(H,15,16). The summed E-state index contributed by atoms with van der Waals surface area (Å²) in [4.78, 5) is 25.4. The van der Waals surface area contributed by atoms with Crippen molar-refractivity contribution in [3.8, 4) is 0 Å². The van der Waals surface area contributed by atoms with E-state index in [-0.39, 0.29) is 6.42 Å². The van der Waals surface area contributed by atoms with Gasteiger partial charge in [0.2, 0.25) is 0 Å². The van der Waals surface area contributed by atoms with Gasteiger partial charge in [-0.15, -0.1) is 0 Å². The number of hydrogen-bond donors (Lipinski definition) is 3. The molecule has 0 radical (unpaired) electrons. The molecule has 1 aromatic heterocycles. The van der Waals surface area contributed by atoms with Crippen LogP contribution >= 0.6 is 0 Å². The van der Waals surface area contributed by atoms with Crippen LogP contribution in [0.1, 0.15) is 26.3 Å². The molecule has 6 nitrogen and oxygen atoms in total. The Labute approximate surface area is 105 Å². The molecule has 0 aromatic carbocycles. The molecule has 0 saturated carbocycles. The van der Waals surface area contributed by atoms with Crippen LogP contribution in [-0.4, -0.2) is 33.8 Å². The quantitative estimate of drug-likeness (QED) is 0.760. The van der Waals surface area contributed by atoms with Crippen molar-refractivity contribution in [3.05, 3.63) is 24.0 Å². The highest BCUT2D eigenvalue weighted by Gasteiger charge is 2.24. The van der Waals surface area contributed by atoms with E-state index in [1.807, 2.05) is 0 Å². The fourth-order valence-corrected chi connectivity index (χ4v) is 1.37. The molecule has 1 unspecified atom stereocenters. The summed E-state index contributed by atoms with van der Waals surface area (Å²) in [6, 6.07) is 0.753. The lowest BCUT2D eigenvalue weighted by atomic mass is 10.1. The van der Waals surface area contributed by atoms with Crippen LogP contribution in [0.25, 0.3) is 0 Å². The summed E-state index contributed by atoms with van der Waals surface area (Å²) in [6.07, 6.45) is 2.86. The number of ether oxygens (including phenoxy) is 1. The number of rotatable bonds is 4. The van der Waals surface area contributed by atoms with Crippen LogP contribution in [0.3, 0.4) is 0 Å². The van der Waals surface area contributed by atoms with Gasteiger partial charge in [0, 0.05) is 18.8 Å². The molecule has 1 rings (SSSR count). The first-order chi connectivity index (χ1) is 8.28. The van der Waals surface area contributed by atoms with Crippen LogP contribution in [0.4, 0.5) is 4.79 Å². The molecule has 1 amide bonds. The Morgan fingerprint density at radius 2 is 2.17 bits per heavy atom. The lowest BCUT2D eigenvalue weighted by Gasteiger charge is -2.21. The van der Waals surface area contributed by atoms with Crippen molar-refractivity contribution in [2.75, 3.05) is 0 Å². The second-order valence-corrected chi connectivity index (χ2v) is 4.96. The number of H-pyrrole nitrogens is 1. The van der Waals surface area contributed by atoms with Gasteiger partial charge in [0.15, 0.2) is 0 Å². The van der Waals surface area contributed by atoms with Gasteiger partial charge in [-0.3, -0.25) is 0 Å². The molecular formula is C12H18N2O4. The minimum absolute atomic E-state index is 0.206. The molecule has 0 spiro atoms. The van der Waals surface area contributed by atoms with Crippen molar-refractivity contribution < 1.29 is 19.4 Å². The van der Waals surface area contributed by atoms with Crippen LogP contribution < -0.4 is 5.32 Å². The molecule has 1 heterocycles. The number of amides is 1. The number of aliphatic carboxylic acids is 1. The number of carboxylic acids is 1. The van der Waals surface area contributed by atoms with Crippen molar-refractivity contribution in [2.24, 2.45) is 0 Å². The Hall–Kier alpha value is -1.98. The summed E-state index contributed by atoms with van der Waals surface area (Å²) in [5.74, 6) is -1.10. The second-order valence-electron chi connectivity index (χ2n) is 4.96. The highest BCUT2D eigenvalue weighted by molar-refractivity contribution is 5.80. The number of carbonyl (C=O) groups excluding carboxylic acids is 1. The Bertz CT molecular complexity index is 406. The number of nitrogens with one attached hydrogen (secondary N) is 2. The number of alkyl carbamates (subject to hydrolysis) is 1. The summed E-state index contributed by atoms with van der Waals surface area (Å²) in [7, 11) is 0. The Balaban J connectivity index is 2.58. The molecule has 0 bridgehead atoms.